The van der Waals surface area contributed by atoms with Gasteiger partial charge in [0.15, 0.2) is 0 Å². The molecule has 0 bridgehead atoms. The van der Waals surface area contributed by atoms with Gasteiger partial charge in [-0.1, -0.05) is 48.5 Å². The van der Waals surface area contributed by atoms with Gasteiger partial charge in [0.05, 0.1) is 19.3 Å². The van der Waals surface area contributed by atoms with Crippen LogP contribution in [0, 0.1) is 11.3 Å². The molecule has 0 radical (unpaired) electrons. The number of hydrogen-bond acceptors (Lipinski definition) is 6. The highest BCUT2D eigenvalue weighted by atomic mass is 16.5. The standard InChI is InChI=1S/C22H22N4O2/c23-15-19-22(28-21(25-19)18-9-5-2-6-10-18)24-16-20(17-7-3-1-4-8-17)26-11-13-27-14-12-26/h1-10,20,24H,11-14,16H2/t20-/m0/s1. The van der Waals surface area contributed by atoms with E-state index in [0.29, 0.717) is 18.3 Å². The lowest BCUT2D eigenvalue weighted by Gasteiger charge is -2.34. The minimum Gasteiger partial charge on any atom is -0.419 e. The zero-order valence-electron chi connectivity index (χ0n) is 15.5. The van der Waals surface area contributed by atoms with Gasteiger partial charge in [-0.15, -0.1) is 0 Å². The van der Waals surface area contributed by atoms with E-state index in [-0.39, 0.29) is 11.7 Å². The molecule has 0 spiro atoms. The molecule has 1 fully saturated rings. The average Bonchev–Trinajstić information content (AvgIpc) is 3.19. The van der Waals surface area contributed by atoms with Gasteiger partial charge in [0, 0.05) is 25.2 Å². The van der Waals surface area contributed by atoms with E-state index in [9.17, 15) is 5.26 Å². The molecule has 3 aromatic rings. The number of benzene rings is 2. The molecular formula is C22H22N4O2. The summed E-state index contributed by atoms with van der Waals surface area (Å²) in [6.45, 7) is 3.82. The Labute approximate surface area is 164 Å². The first-order valence-corrected chi connectivity index (χ1v) is 9.42. The van der Waals surface area contributed by atoms with Crippen LogP contribution in [-0.2, 0) is 4.74 Å². The summed E-state index contributed by atoms with van der Waals surface area (Å²) >= 11 is 0. The summed E-state index contributed by atoms with van der Waals surface area (Å²) < 4.78 is 11.4. The Hall–Kier alpha value is -3.14. The maximum atomic E-state index is 9.47. The maximum Gasteiger partial charge on any atom is 0.232 e. The molecule has 1 aliphatic rings. The van der Waals surface area contributed by atoms with Crippen LogP contribution in [0.4, 0.5) is 5.88 Å². The Morgan fingerprint density at radius 2 is 1.71 bits per heavy atom. The predicted octanol–water partition coefficient (Wildman–Crippen LogP) is 3.70. The molecule has 2 aromatic carbocycles. The molecule has 28 heavy (non-hydrogen) atoms. The summed E-state index contributed by atoms with van der Waals surface area (Å²) in [6.07, 6.45) is 0. The Morgan fingerprint density at radius 1 is 1.04 bits per heavy atom. The molecule has 142 valence electrons. The summed E-state index contributed by atoms with van der Waals surface area (Å²) in [5.74, 6) is 0.859. The topological polar surface area (TPSA) is 74.3 Å². The van der Waals surface area contributed by atoms with Gasteiger partial charge in [-0.25, -0.2) is 0 Å². The van der Waals surface area contributed by atoms with E-state index < -0.39 is 0 Å². The van der Waals surface area contributed by atoms with E-state index in [1.807, 2.05) is 48.5 Å². The number of ether oxygens (including phenoxy) is 1. The normalized spacial score (nSPS) is 15.7. The van der Waals surface area contributed by atoms with Gasteiger partial charge in [-0.2, -0.15) is 10.2 Å². The maximum absolute atomic E-state index is 9.47. The first-order valence-electron chi connectivity index (χ1n) is 9.42. The predicted molar refractivity (Wildman–Crippen MR) is 107 cm³/mol. The van der Waals surface area contributed by atoms with Crippen LogP contribution in [0.1, 0.15) is 17.3 Å². The van der Waals surface area contributed by atoms with Crippen molar-refractivity contribution in [3.63, 3.8) is 0 Å². The minimum atomic E-state index is 0.155. The van der Waals surface area contributed by atoms with Gasteiger partial charge in [0.25, 0.3) is 0 Å². The summed E-state index contributed by atoms with van der Waals surface area (Å²) in [7, 11) is 0. The summed E-state index contributed by atoms with van der Waals surface area (Å²) in [5, 5.41) is 12.8. The van der Waals surface area contributed by atoms with Crippen LogP contribution in [-0.4, -0.2) is 42.7 Å². The van der Waals surface area contributed by atoms with Gasteiger partial charge in [0.1, 0.15) is 6.07 Å². The van der Waals surface area contributed by atoms with Crippen molar-refractivity contribution in [3.05, 3.63) is 71.9 Å². The third-order valence-corrected chi connectivity index (χ3v) is 4.88. The van der Waals surface area contributed by atoms with Crippen LogP contribution in [0.25, 0.3) is 11.5 Å². The second-order valence-corrected chi connectivity index (χ2v) is 6.63. The number of nitrogens with one attached hydrogen (secondary N) is 1. The molecule has 0 amide bonds. The zero-order chi connectivity index (χ0) is 19.2. The average molecular weight is 374 g/mol. The van der Waals surface area contributed by atoms with E-state index in [2.05, 4.69) is 33.4 Å². The second kappa shape index (κ2) is 8.70. The van der Waals surface area contributed by atoms with Gasteiger partial charge < -0.3 is 14.5 Å². The smallest absolute Gasteiger partial charge is 0.232 e. The highest BCUT2D eigenvalue weighted by Gasteiger charge is 2.24. The molecule has 1 atom stereocenters. The minimum absolute atomic E-state index is 0.155. The van der Waals surface area contributed by atoms with Crippen molar-refractivity contribution < 1.29 is 9.15 Å². The third-order valence-electron chi connectivity index (χ3n) is 4.88. The Morgan fingerprint density at radius 3 is 2.39 bits per heavy atom. The summed E-state index contributed by atoms with van der Waals surface area (Å²) in [5.41, 5.74) is 2.34. The first kappa shape index (κ1) is 18.2. The van der Waals surface area contributed by atoms with Gasteiger partial charge >= 0.3 is 0 Å². The number of morpholine rings is 1. The third kappa shape index (κ3) is 4.06. The van der Waals surface area contributed by atoms with E-state index in [4.69, 9.17) is 9.15 Å². The number of aromatic nitrogens is 1. The fraction of sp³-hybridized carbons (Fsp3) is 0.273. The number of hydrogen-bond donors (Lipinski definition) is 1. The number of anilines is 1. The van der Waals surface area contributed by atoms with Crippen molar-refractivity contribution in [2.45, 2.75) is 6.04 Å². The lowest BCUT2D eigenvalue weighted by atomic mass is 10.0. The van der Waals surface area contributed by atoms with Gasteiger partial charge in [-0.05, 0) is 17.7 Å². The van der Waals surface area contributed by atoms with Gasteiger partial charge in [-0.3, -0.25) is 4.90 Å². The van der Waals surface area contributed by atoms with Crippen molar-refractivity contribution in [3.8, 4) is 17.5 Å². The van der Waals surface area contributed by atoms with Crippen molar-refractivity contribution in [2.24, 2.45) is 0 Å². The van der Waals surface area contributed by atoms with Crippen LogP contribution < -0.4 is 5.32 Å². The molecular weight excluding hydrogens is 352 g/mol. The van der Waals surface area contributed by atoms with Crippen LogP contribution in [0.3, 0.4) is 0 Å². The molecule has 6 nitrogen and oxygen atoms in total. The molecule has 2 heterocycles. The second-order valence-electron chi connectivity index (χ2n) is 6.63. The van der Waals surface area contributed by atoms with Crippen LogP contribution in [0.5, 0.6) is 0 Å². The number of nitriles is 1. The fourth-order valence-electron chi connectivity index (χ4n) is 3.43. The van der Waals surface area contributed by atoms with Crippen LogP contribution in [0.15, 0.2) is 65.1 Å². The number of rotatable bonds is 6. The Kier molecular flexibility index (Phi) is 5.66. The Bertz CT molecular complexity index is 928. The molecule has 1 aliphatic heterocycles. The van der Waals surface area contributed by atoms with Crippen molar-refractivity contribution in [1.29, 1.82) is 5.26 Å². The van der Waals surface area contributed by atoms with Crippen LogP contribution >= 0.6 is 0 Å². The lowest BCUT2D eigenvalue weighted by molar-refractivity contribution is 0.0186. The SMILES string of the molecule is N#Cc1nc(-c2ccccc2)oc1NC[C@@H](c1ccccc1)N1CCOCC1. The molecule has 0 aliphatic carbocycles. The van der Waals surface area contributed by atoms with Crippen LogP contribution in [0.2, 0.25) is 0 Å². The van der Waals surface area contributed by atoms with E-state index in [0.717, 1.165) is 31.9 Å². The van der Waals surface area contributed by atoms with Gasteiger partial charge in [0.2, 0.25) is 17.5 Å². The molecule has 0 unspecified atom stereocenters. The first-order chi connectivity index (χ1) is 13.8. The van der Waals surface area contributed by atoms with E-state index in [1.54, 1.807) is 0 Å². The molecule has 1 aromatic heterocycles. The quantitative estimate of drug-likeness (QED) is 0.709. The highest BCUT2D eigenvalue weighted by Crippen LogP contribution is 2.27. The molecule has 4 rings (SSSR count). The molecule has 6 heteroatoms. The number of nitrogens with zero attached hydrogens (tertiary/aromatic N) is 3. The zero-order valence-corrected chi connectivity index (χ0v) is 15.5. The summed E-state index contributed by atoms with van der Waals surface area (Å²) in [4.78, 5) is 6.73. The number of oxazole rings is 1. The molecule has 0 saturated carbocycles. The van der Waals surface area contributed by atoms with E-state index >= 15 is 0 Å². The molecule has 1 saturated heterocycles. The largest absolute Gasteiger partial charge is 0.419 e. The monoisotopic (exact) mass is 374 g/mol. The summed E-state index contributed by atoms with van der Waals surface area (Å²) in [6, 6.07) is 22.3. The van der Waals surface area contributed by atoms with Crippen molar-refractivity contribution in [1.82, 2.24) is 9.88 Å². The Balaban J connectivity index is 1.55. The highest BCUT2D eigenvalue weighted by molar-refractivity contribution is 5.58. The van der Waals surface area contributed by atoms with E-state index in [1.165, 1.54) is 5.56 Å². The van der Waals surface area contributed by atoms with Crippen molar-refractivity contribution in [2.75, 3.05) is 38.2 Å². The molecule has 1 N–H and O–H groups in total. The lowest BCUT2D eigenvalue weighted by Crippen LogP contribution is -2.41. The van der Waals surface area contributed by atoms with Crippen molar-refractivity contribution >= 4 is 5.88 Å². The fourth-order valence-corrected chi connectivity index (χ4v) is 3.43.